The maximum absolute atomic E-state index is 11.8. The van der Waals surface area contributed by atoms with Gasteiger partial charge in [0.1, 0.15) is 5.78 Å². The van der Waals surface area contributed by atoms with Crippen LogP contribution in [-0.4, -0.2) is 33.3 Å². The number of ketones is 1. The number of Topliss-reactive ketones (excluding diaryl/α,β-unsaturated/α-hetero) is 1. The molecule has 0 aromatic heterocycles. The number of ether oxygens (including phenoxy) is 1. The molecule has 0 saturated heterocycles. The van der Waals surface area contributed by atoms with Gasteiger partial charge in [0.25, 0.3) is 0 Å². The third-order valence-electron chi connectivity index (χ3n) is 4.37. The molecule has 0 unspecified atom stereocenters. The molecule has 1 rings (SSSR count). The smallest absolute Gasteiger partial charge is 0.311 e. The largest absolute Gasteiger partial charge is 0.469 e. The average Bonchev–Trinajstić information content (AvgIpc) is 2.26. The highest BCUT2D eigenvalue weighted by Gasteiger charge is 2.44. The lowest BCUT2D eigenvalue weighted by Crippen LogP contribution is -2.49. The molecule has 0 aromatic rings. The Morgan fingerprint density at radius 2 is 1.89 bits per heavy atom. The Kier molecular flexibility index (Phi) is 4.95. The van der Waals surface area contributed by atoms with E-state index in [1.807, 2.05) is 0 Å². The van der Waals surface area contributed by atoms with Crippen molar-refractivity contribution in [1.29, 1.82) is 0 Å². The molecule has 0 N–H and O–H groups in total. The Morgan fingerprint density at radius 1 is 1.32 bits per heavy atom. The first-order chi connectivity index (χ1) is 8.58. The molecule has 110 valence electrons. The molecule has 1 fully saturated rings. The van der Waals surface area contributed by atoms with Crippen LogP contribution in [0.25, 0.3) is 0 Å². The van der Waals surface area contributed by atoms with Crippen molar-refractivity contribution in [3.63, 3.8) is 0 Å². The minimum atomic E-state index is -1.98. The van der Waals surface area contributed by atoms with Gasteiger partial charge in [0.2, 0.25) is 0 Å². The number of rotatable bonds is 3. The Balaban J connectivity index is 2.87. The Morgan fingerprint density at radius 3 is 2.37 bits per heavy atom. The fourth-order valence-electron chi connectivity index (χ4n) is 2.07. The fourth-order valence-corrected chi connectivity index (χ4v) is 3.43. The van der Waals surface area contributed by atoms with Crippen molar-refractivity contribution in [1.82, 2.24) is 0 Å². The predicted molar refractivity (Wildman–Crippen MR) is 76.4 cm³/mol. The van der Waals surface area contributed by atoms with E-state index in [4.69, 9.17) is 9.16 Å². The minimum absolute atomic E-state index is 0.0637. The molecule has 2 atom stereocenters. The molecular weight excluding hydrogens is 260 g/mol. The van der Waals surface area contributed by atoms with Crippen molar-refractivity contribution < 1.29 is 18.8 Å². The second-order valence-electron chi connectivity index (χ2n) is 6.83. The van der Waals surface area contributed by atoms with Crippen molar-refractivity contribution in [2.24, 2.45) is 5.92 Å². The summed E-state index contributed by atoms with van der Waals surface area (Å²) in [4.78, 5) is 23.5. The molecule has 1 saturated carbocycles. The van der Waals surface area contributed by atoms with E-state index in [1.165, 1.54) is 7.11 Å². The van der Waals surface area contributed by atoms with Crippen LogP contribution >= 0.6 is 0 Å². The van der Waals surface area contributed by atoms with E-state index in [2.05, 4.69) is 33.9 Å². The van der Waals surface area contributed by atoms with Gasteiger partial charge in [-0.25, -0.2) is 0 Å². The molecule has 1 aliphatic carbocycles. The van der Waals surface area contributed by atoms with Crippen LogP contribution in [0.4, 0.5) is 0 Å². The molecule has 0 heterocycles. The SMILES string of the molecule is COC(=O)[C@H]1CCC(=O)C[C@@H]1O[Si](C)(C)C(C)(C)C. The van der Waals surface area contributed by atoms with Crippen molar-refractivity contribution in [3.8, 4) is 0 Å². The van der Waals surface area contributed by atoms with Gasteiger partial charge in [0.15, 0.2) is 8.32 Å². The van der Waals surface area contributed by atoms with Crippen LogP contribution in [0.5, 0.6) is 0 Å². The van der Waals surface area contributed by atoms with E-state index in [0.29, 0.717) is 19.3 Å². The van der Waals surface area contributed by atoms with E-state index in [1.54, 1.807) is 0 Å². The third-order valence-corrected chi connectivity index (χ3v) is 8.87. The quantitative estimate of drug-likeness (QED) is 0.591. The van der Waals surface area contributed by atoms with Gasteiger partial charge in [-0.1, -0.05) is 20.8 Å². The zero-order valence-electron chi connectivity index (χ0n) is 12.9. The second-order valence-corrected chi connectivity index (χ2v) is 11.6. The van der Waals surface area contributed by atoms with Gasteiger partial charge < -0.3 is 9.16 Å². The van der Waals surface area contributed by atoms with Crippen LogP contribution in [0.1, 0.15) is 40.0 Å². The summed E-state index contributed by atoms with van der Waals surface area (Å²) in [5.74, 6) is -0.364. The van der Waals surface area contributed by atoms with Gasteiger partial charge >= 0.3 is 5.97 Å². The second kappa shape index (κ2) is 5.75. The third kappa shape index (κ3) is 3.89. The summed E-state index contributed by atoms with van der Waals surface area (Å²) in [6.07, 6.45) is 1.03. The number of methoxy groups -OCH3 is 1. The maximum atomic E-state index is 11.8. The summed E-state index contributed by atoms with van der Waals surface area (Å²) in [6.45, 7) is 10.7. The predicted octanol–water partition coefficient (Wildman–Crippen LogP) is 2.92. The zero-order valence-corrected chi connectivity index (χ0v) is 13.9. The molecule has 4 nitrogen and oxygen atoms in total. The lowest BCUT2D eigenvalue weighted by Gasteiger charge is -2.41. The molecule has 5 heteroatoms. The molecule has 1 aliphatic rings. The topological polar surface area (TPSA) is 52.6 Å². The lowest BCUT2D eigenvalue weighted by molar-refractivity contribution is -0.151. The standard InChI is InChI=1S/C14H26O4Si/c1-14(2,3)19(5,6)18-12-9-10(15)7-8-11(12)13(16)17-4/h11-12H,7-9H2,1-6H3/t11-,12-/m0/s1. The lowest BCUT2D eigenvalue weighted by atomic mass is 9.86. The molecule has 0 bridgehead atoms. The molecule has 0 aliphatic heterocycles. The first-order valence-electron chi connectivity index (χ1n) is 6.86. The first-order valence-corrected chi connectivity index (χ1v) is 9.76. The number of carbonyl (C=O) groups is 2. The van der Waals surface area contributed by atoms with Crippen LogP contribution in [0.2, 0.25) is 18.1 Å². The summed E-state index contributed by atoms with van der Waals surface area (Å²) in [7, 11) is -0.591. The van der Waals surface area contributed by atoms with E-state index in [0.717, 1.165) is 0 Å². The van der Waals surface area contributed by atoms with E-state index >= 15 is 0 Å². The number of hydrogen-bond donors (Lipinski definition) is 0. The Labute approximate surface area is 117 Å². The number of hydrogen-bond acceptors (Lipinski definition) is 4. The molecular formula is C14H26O4Si. The van der Waals surface area contributed by atoms with E-state index in [9.17, 15) is 9.59 Å². The molecule has 0 radical (unpaired) electrons. The number of esters is 1. The summed E-state index contributed by atoms with van der Waals surface area (Å²) >= 11 is 0. The van der Waals surface area contributed by atoms with E-state index < -0.39 is 8.32 Å². The summed E-state index contributed by atoms with van der Waals surface area (Å²) < 4.78 is 11.1. The zero-order chi connectivity index (χ0) is 14.8. The number of carbonyl (C=O) groups excluding carboxylic acids is 2. The monoisotopic (exact) mass is 286 g/mol. The molecule has 0 spiro atoms. The van der Waals surface area contributed by atoms with Crippen LogP contribution in [0, 0.1) is 5.92 Å². The van der Waals surface area contributed by atoms with Crippen LogP contribution in [-0.2, 0) is 18.8 Å². The summed E-state index contributed by atoms with van der Waals surface area (Å²) in [5.41, 5.74) is 0. The van der Waals surface area contributed by atoms with Gasteiger partial charge in [0, 0.05) is 12.8 Å². The normalized spacial score (nSPS) is 25.3. The van der Waals surface area contributed by atoms with Gasteiger partial charge in [-0.15, -0.1) is 0 Å². The van der Waals surface area contributed by atoms with Crippen molar-refractivity contribution in [3.05, 3.63) is 0 Å². The van der Waals surface area contributed by atoms with Gasteiger partial charge in [0.05, 0.1) is 19.1 Å². The van der Waals surface area contributed by atoms with E-state index in [-0.39, 0.29) is 28.8 Å². The van der Waals surface area contributed by atoms with Crippen molar-refractivity contribution in [2.45, 2.75) is 64.3 Å². The highest BCUT2D eigenvalue weighted by atomic mass is 28.4. The summed E-state index contributed by atoms with van der Waals surface area (Å²) in [5, 5.41) is 0.0637. The van der Waals surface area contributed by atoms with Crippen molar-refractivity contribution >= 4 is 20.1 Å². The highest BCUT2D eigenvalue weighted by Crippen LogP contribution is 2.40. The van der Waals surface area contributed by atoms with Gasteiger partial charge in [-0.2, -0.15) is 0 Å². The summed E-state index contributed by atoms with van der Waals surface area (Å²) in [6, 6.07) is 0. The first kappa shape index (κ1) is 16.4. The van der Waals surface area contributed by atoms with Crippen LogP contribution < -0.4 is 0 Å². The fraction of sp³-hybridized carbons (Fsp3) is 0.857. The van der Waals surface area contributed by atoms with Crippen LogP contribution in [0.3, 0.4) is 0 Å². The maximum Gasteiger partial charge on any atom is 0.311 e. The minimum Gasteiger partial charge on any atom is -0.469 e. The van der Waals surface area contributed by atoms with Crippen LogP contribution in [0.15, 0.2) is 0 Å². The molecule has 0 amide bonds. The Bertz CT molecular complexity index is 357. The molecule has 0 aromatic carbocycles. The Hall–Kier alpha value is -0.683. The molecule has 19 heavy (non-hydrogen) atoms. The van der Waals surface area contributed by atoms with Crippen molar-refractivity contribution in [2.75, 3.05) is 7.11 Å². The highest BCUT2D eigenvalue weighted by molar-refractivity contribution is 6.74. The average molecular weight is 286 g/mol. The van der Waals surface area contributed by atoms with Gasteiger partial charge in [-0.05, 0) is 24.6 Å². The van der Waals surface area contributed by atoms with Gasteiger partial charge in [-0.3, -0.25) is 9.59 Å².